The summed E-state index contributed by atoms with van der Waals surface area (Å²) >= 11 is 0. The van der Waals surface area contributed by atoms with Crippen LogP contribution in [0.4, 0.5) is 0 Å². The second-order valence-electron chi connectivity index (χ2n) is 5.90. The van der Waals surface area contributed by atoms with E-state index in [1.165, 1.54) is 0 Å². The highest BCUT2D eigenvalue weighted by molar-refractivity contribution is 5.03. The summed E-state index contributed by atoms with van der Waals surface area (Å²) in [5.41, 5.74) is 0. The SMILES string of the molecule is CCC/C=C/[C@@H]1OC(C)(C)OCC12O[C@H](C)[C@@H](C)O2. The third kappa shape index (κ3) is 3.19. The average molecular weight is 270 g/mol. The number of ether oxygens (including phenoxy) is 4. The predicted octanol–water partition coefficient (Wildman–Crippen LogP) is 3.01. The number of allylic oxidation sites excluding steroid dienone is 1. The largest absolute Gasteiger partial charge is 0.345 e. The van der Waals surface area contributed by atoms with Crippen molar-refractivity contribution in [2.45, 2.75) is 77.3 Å². The normalized spacial score (nSPS) is 37.2. The molecule has 0 saturated carbocycles. The molecule has 19 heavy (non-hydrogen) atoms. The summed E-state index contributed by atoms with van der Waals surface area (Å²) < 4.78 is 23.8. The molecule has 2 fully saturated rings. The summed E-state index contributed by atoms with van der Waals surface area (Å²) in [6.45, 7) is 10.4. The smallest absolute Gasteiger partial charge is 0.223 e. The number of unbranched alkanes of at least 4 members (excludes halogenated alkanes) is 1. The van der Waals surface area contributed by atoms with Gasteiger partial charge in [-0.15, -0.1) is 0 Å². The Balaban J connectivity index is 2.16. The lowest BCUT2D eigenvalue weighted by Crippen LogP contribution is -2.58. The third-order valence-corrected chi connectivity index (χ3v) is 3.66. The average Bonchev–Trinajstić information content (AvgIpc) is 2.61. The molecular formula is C15H26O4. The zero-order valence-electron chi connectivity index (χ0n) is 12.6. The van der Waals surface area contributed by atoms with Gasteiger partial charge in [-0.25, -0.2) is 0 Å². The van der Waals surface area contributed by atoms with Crippen LogP contribution in [0.1, 0.15) is 47.5 Å². The van der Waals surface area contributed by atoms with Crippen LogP contribution in [0.3, 0.4) is 0 Å². The Hall–Kier alpha value is -0.420. The van der Waals surface area contributed by atoms with E-state index < -0.39 is 11.6 Å². The van der Waals surface area contributed by atoms with Crippen LogP contribution in [-0.4, -0.2) is 36.5 Å². The van der Waals surface area contributed by atoms with E-state index in [0.29, 0.717) is 6.61 Å². The molecule has 2 aliphatic heterocycles. The van der Waals surface area contributed by atoms with Crippen LogP contribution in [0.5, 0.6) is 0 Å². The van der Waals surface area contributed by atoms with Gasteiger partial charge in [-0.2, -0.15) is 0 Å². The monoisotopic (exact) mass is 270 g/mol. The van der Waals surface area contributed by atoms with E-state index in [1.807, 2.05) is 27.7 Å². The Bertz CT molecular complexity index is 327. The van der Waals surface area contributed by atoms with Gasteiger partial charge in [0.15, 0.2) is 5.79 Å². The molecule has 2 rings (SSSR count). The van der Waals surface area contributed by atoms with Crippen molar-refractivity contribution in [2.75, 3.05) is 6.61 Å². The van der Waals surface area contributed by atoms with Crippen LogP contribution in [0.15, 0.2) is 12.2 Å². The first kappa shape index (κ1) is 15.0. The summed E-state index contributed by atoms with van der Waals surface area (Å²) in [5, 5.41) is 0. The van der Waals surface area contributed by atoms with Crippen molar-refractivity contribution in [1.29, 1.82) is 0 Å². The van der Waals surface area contributed by atoms with Gasteiger partial charge in [0, 0.05) is 0 Å². The summed E-state index contributed by atoms with van der Waals surface area (Å²) in [4.78, 5) is 0. The lowest BCUT2D eigenvalue weighted by Gasteiger charge is -2.44. The molecule has 2 saturated heterocycles. The van der Waals surface area contributed by atoms with E-state index in [1.54, 1.807) is 0 Å². The van der Waals surface area contributed by atoms with Crippen molar-refractivity contribution in [3.8, 4) is 0 Å². The molecule has 1 spiro atoms. The first-order valence-electron chi connectivity index (χ1n) is 7.22. The molecule has 0 amide bonds. The lowest BCUT2D eigenvalue weighted by molar-refractivity contribution is -0.375. The van der Waals surface area contributed by atoms with Crippen LogP contribution in [0, 0.1) is 0 Å². The zero-order chi connectivity index (χ0) is 14.1. The fraction of sp³-hybridized carbons (Fsp3) is 0.867. The van der Waals surface area contributed by atoms with Crippen molar-refractivity contribution in [2.24, 2.45) is 0 Å². The molecule has 0 aromatic rings. The van der Waals surface area contributed by atoms with Gasteiger partial charge in [0.1, 0.15) is 12.7 Å². The van der Waals surface area contributed by atoms with E-state index in [-0.39, 0.29) is 18.3 Å². The van der Waals surface area contributed by atoms with Crippen LogP contribution >= 0.6 is 0 Å². The topological polar surface area (TPSA) is 36.9 Å². The Morgan fingerprint density at radius 2 is 1.74 bits per heavy atom. The number of rotatable bonds is 3. The van der Waals surface area contributed by atoms with Gasteiger partial charge in [-0.1, -0.05) is 25.5 Å². The molecule has 0 aliphatic carbocycles. The maximum atomic E-state index is 6.02. The van der Waals surface area contributed by atoms with Gasteiger partial charge in [0.25, 0.3) is 0 Å². The van der Waals surface area contributed by atoms with Gasteiger partial charge in [0.05, 0.1) is 12.2 Å². The standard InChI is InChI=1S/C15H26O4/c1-6-7-8-9-13-15(10-16-14(4,5)19-13)17-11(2)12(3)18-15/h8-9,11-13H,6-7,10H2,1-5H3/b9-8+/t11-,12-,13+/m1/s1. The van der Waals surface area contributed by atoms with E-state index in [0.717, 1.165) is 12.8 Å². The lowest BCUT2D eigenvalue weighted by atomic mass is 10.1. The van der Waals surface area contributed by atoms with Gasteiger partial charge in [0.2, 0.25) is 5.79 Å². The fourth-order valence-corrected chi connectivity index (χ4v) is 2.41. The van der Waals surface area contributed by atoms with Gasteiger partial charge < -0.3 is 18.9 Å². The molecule has 110 valence electrons. The highest BCUT2D eigenvalue weighted by Crippen LogP contribution is 2.40. The summed E-state index contributed by atoms with van der Waals surface area (Å²) in [6.07, 6.45) is 6.21. The Kier molecular flexibility index (Phi) is 4.35. The van der Waals surface area contributed by atoms with E-state index in [2.05, 4.69) is 19.1 Å². The molecule has 3 atom stereocenters. The van der Waals surface area contributed by atoms with E-state index >= 15 is 0 Å². The molecule has 4 heteroatoms. The summed E-state index contributed by atoms with van der Waals surface area (Å²) in [5.74, 6) is -1.40. The first-order valence-corrected chi connectivity index (χ1v) is 7.22. The molecule has 2 heterocycles. The molecule has 4 nitrogen and oxygen atoms in total. The fourth-order valence-electron chi connectivity index (χ4n) is 2.41. The Labute approximate surface area is 116 Å². The quantitative estimate of drug-likeness (QED) is 0.739. The van der Waals surface area contributed by atoms with Crippen LogP contribution < -0.4 is 0 Å². The minimum Gasteiger partial charge on any atom is -0.345 e. The molecular weight excluding hydrogens is 244 g/mol. The minimum atomic E-state index is -0.793. The molecule has 0 radical (unpaired) electrons. The summed E-state index contributed by atoms with van der Waals surface area (Å²) in [7, 11) is 0. The Morgan fingerprint density at radius 3 is 2.32 bits per heavy atom. The molecule has 0 bridgehead atoms. The molecule has 0 aromatic carbocycles. The van der Waals surface area contributed by atoms with Crippen molar-refractivity contribution >= 4 is 0 Å². The molecule has 0 unspecified atom stereocenters. The van der Waals surface area contributed by atoms with Crippen molar-refractivity contribution in [3.63, 3.8) is 0 Å². The van der Waals surface area contributed by atoms with E-state index in [4.69, 9.17) is 18.9 Å². The highest BCUT2D eigenvalue weighted by atomic mass is 16.8. The molecule has 2 aliphatic rings. The first-order chi connectivity index (χ1) is 8.88. The van der Waals surface area contributed by atoms with Gasteiger partial charge >= 0.3 is 0 Å². The number of hydrogen-bond donors (Lipinski definition) is 0. The predicted molar refractivity (Wildman–Crippen MR) is 72.8 cm³/mol. The van der Waals surface area contributed by atoms with Gasteiger partial charge in [-0.05, 0) is 34.1 Å². The second kappa shape index (κ2) is 5.52. The zero-order valence-corrected chi connectivity index (χ0v) is 12.6. The van der Waals surface area contributed by atoms with Gasteiger partial charge in [-0.3, -0.25) is 0 Å². The Morgan fingerprint density at radius 1 is 1.11 bits per heavy atom. The van der Waals surface area contributed by atoms with Crippen molar-refractivity contribution in [3.05, 3.63) is 12.2 Å². The minimum absolute atomic E-state index is 0.0514. The van der Waals surface area contributed by atoms with Crippen LogP contribution in [0.25, 0.3) is 0 Å². The second-order valence-corrected chi connectivity index (χ2v) is 5.90. The summed E-state index contributed by atoms with van der Waals surface area (Å²) in [6, 6.07) is 0. The maximum absolute atomic E-state index is 6.02. The van der Waals surface area contributed by atoms with E-state index in [9.17, 15) is 0 Å². The van der Waals surface area contributed by atoms with Crippen LogP contribution in [-0.2, 0) is 18.9 Å². The molecule has 0 aromatic heterocycles. The van der Waals surface area contributed by atoms with Crippen molar-refractivity contribution < 1.29 is 18.9 Å². The maximum Gasteiger partial charge on any atom is 0.223 e. The van der Waals surface area contributed by atoms with Crippen LogP contribution in [0.2, 0.25) is 0 Å². The number of hydrogen-bond acceptors (Lipinski definition) is 4. The van der Waals surface area contributed by atoms with Crippen molar-refractivity contribution in [1.82, 2.24) is 0 Å². The molecule has 0 N–H and O–H groups in total. The highest BCUT2D eigenvalue weighted by Gasteiger charge is 2.55. The third-order valence-electron chi connectivity index (χ3n) is 3.66.